The van der Waals surface area contributed by atoms with Crippen molar-refractivity contribution in [2.75, 3.05) is 13.2 Å². The monoisotopic (exact) mass is 204 g/mol. The normalized spacial score (nSPS) is 11.3. The van der Waals surface area contributed by atoms with Crippen molar-refractivity contribution in [3.05, 3.63) is 0 Å². The second-order valence-electron chi connectivity index (χ2n) is 2.46. The smallest absolute Gasteiger partial charge is 0.303 e. The van der Waals surface area contributed by atoms with E-state index in [1.165, 1.54) is 13.8 Å². The number of esters is 2. The van der Waals surface area contributed by atoms with Gasteiger partial charge in [-0.05, 0) is 0 Å². The van der Waals surface area contributed by atoms with Gasteiger partial charge in [-0.25, -0.2) is 0 Å². The maximum absolute atomic E-state index is 10.6. The van der Waals surface area contributed by atoms with E-state index in [0.717, 1.165) is 0 Å². The third-order valence-electron chi connectivity index (χ3n) is 1.16. The summed E-state index contributed by atoms with van der Waals surface area (Å²) in [7, 11) is 0. The molecule has 0 saturated heterocycles. The van der Waals surface area contributed by atoms with Crippen LogP contribution >= 0.6 is 0 Å². The summed E-state index contributed by atoms with van der Waals surface area (Å²) in [6, 6.07) is 0. The molecule has 6 heteroatoms. The van der Waals surface area contributed by atoms with Gasteiger partial charge >= 0.3 is 11.9 Å². The minimum Gasteiger partial charge on any atom is -0.464 e. The van der Waals surface area contributed by atoms with Crippen molar-refractivity contribution in [2.24, 2.45) is 0 Å². The van der Waals surface area contributed by atoms with Crippen molar-refractivity contribution in [3.8, 4) is 0 Å². The van der Waals surface area contributed by atoms with Gasteiger partial charge in [0.2, 0.25) is 0 Å². The van der Waals surface area contributed by atoms with Crippen LogP contribution in [0.3, 0.4) is 0 Å². The van der Waals surface area contributed by atoms with Crippen LogP contribution in [-0.2, 0) is 28.6 Å². The van der Waals surface area contributed by atoms with Gasteiger partial charge < -0.3 is 14.2 Å². The van der Waals surface area contributed by atoms with E-state index in [0.29, 0.717) is 0 Å². The van der Waals surface area contributed by atoms with E-state index in [-0.39, 0.29) is 19.7 Å². The van der Waals surface area contributed by atoms with E-state index in [1.807, 2.05) is 0 Å². The van der Waals surface area contributed by atoms with Crippen molar-refractivity contribution in [3.63, 3.8) is 0 Å². The van der Waals surface area contributed by atoms with Crippen LogP contribution in [0.2, 0.25) is 0 Å². The van der Waals surface area contributed by atoms with Crippen LogP contribution in [0.1, 0.15) is 13.8 Å². The first-order valence-corrected chi connectivity index (χ1v) is 3.92. The molecule has 0 aromatic carbocycles. The van der Waals surface area contributed by atoms with E-state index in [2.05, 4.69) is 9.47 Å². The molecule has 0 fully saturated rings. The van der Waals surface area contributed by atoms with Gasteiger partial charge in [0.05, 0.1) is 0 Å². The van der Waals surface area contributed by atoms with Gasteiger partial charge in [-0.1, -0.05) is 0 Å². The average molecular weight is 204 g/mol. The van der Waals surface area contributed by atoms with Crippen LogP contribution in [0, 0.1) is 0 Å². The van der Waals surface area contributed by atoms with Crippen molar-refractivity contribution in [2.45, 2.75) is 20.0 Å². The highest BCUT2D eigenvalue weighted by atomic mass is 16.6. The van der Waals surface area contributed by atoms with Crippen LogP contribution < -0.4 is 0 Å². The Bertz CT molecular complexity index is 212. The molecule has 0 aliphatic rings. The third kappa shape index (κ3) is 7.08. The molecule has 0 aromatic heterocycles. The lowest BCUT2D eigenvalue weighted by Crippen LogP contribution is -2.28. The van der Waals surface area contributed by atoms with E-state index in [4.69, 9.17) is 4.74 Å². The molecule has 0 aromatic rings. The molecule has 6 nitrogen and oxygen atoms in total. The van der Waals surface area contributed by atoms with Crippen molar-refractivity contribution >= 4 is 18.4 Å². The van der Waals surface area contributed by atoms with Gasteiger partial charge in [0.1, 0.15) is 13.2 Å². The van der Waals surface area contributed by atoms with Gasteiger partial charge in [0, 0.05) is 13.8 Å². The lowest BCUT2D eigenvalue weighted by molar-refractivity contribution is -0.161. The summed E-state index contributed by atoms with van der Waals surface area (Å²) >= 11 is 0. The Morgan fingerprint density at radius 3 is 2.29 bits per heavy atom. The quantitative estimate of drug-likeness (QED) is 0.334. The van der Waals surface area contributed by atoms with Crippen LogP contribution in [0.25, 0.3) is 0 Å². The summed E-state index contributed by atoms with van der Waals surface area (Å²) in [6.07, 6.45) is -0.749. The Hall–Kier alpha value is -1.59. The molecule has 0 amide bonds. The molecule has 1 atom stereocenters. The predicted molar refractivity (Wildman–Crippen MR) is 44.2 cm³/mol. The highest BCUT2D eigenvalue weighted by Crippen LogP contribution is 1.95. The number of carbonyl (C=O) groups excluding carboxylic acids is 3. The van der Waals surface area contributed by atoms with Gasteiger partial charge in [0.25, 0.3) is 6.47 Å². The topological polar surface area (TPSA) is 78.9 Å². The zero-order valence-corrected chi connectivity index (χ0v) is 8.02. The summed E-state index contributed by atoms with van der Waals surface area (Å²) in [5, 5.41) is 0. The predicted octanol–water partition coefficient (Wildman–Crippen LogP) is -0.346. The van der Waals surface area contributed by atoms with Crippen LogP contribution in [0.5, 0.6) is 0 Å². The summed E-state index contributed by atoms with van der Waals surface area (Å²) < 4.78 is 13.7. The van der Waals surface area contributed by atoms with Gasteiger partial charge in [-0.15, -0.1) is 0 Å². The first-order valence-electron chi connectivity index (χ1n) is 3.92. The fraction of sp³-hybridized carbons (Fsp3) is 0.625. The molecular weight excluding hydrogens is 192 g/mol. The molecule has 0 aliphatic heterocycles. The largest absolute Gasteiger partial charge is 0.464 e. The molecule has 0 bridgehead atoms. The van der Waals surface area contributed by atoms with Crippen molar-refractivity contribution in [1.29, 1.82) is 0 Å². The Balaban J connectivity index is 3.89. The molecule has 0 rings (SSSR count). The number of rotatable bonds is 6. The molecule has 0 N–H and O–H groups in total. The third-order valence-corrected chi connectivity index (χ3v) is 1.16. The lowest BCUT2D eigenvalue weighted by atomic mass is 10.4. The van der Waals surface area contributed by atoms with Crippen LogP contribution in [-0.4, -0.2) is 37.7 Å². The molecule has 80 valence electrons. The molecule has 14 heavy (non-hydrogen) atoms. The van der Waals surface area contributed by atoms with Crippen molar-refractivity contribution < 1.29 is 28.6 Å². The Labute approximate surface area is 81.1 Å². The summed E-state index contributed by atoms with van der Waals surface area (Å²) in [4.78, 5) is 30.9. The molecule has 0 radical (unpaired) electrons. The zero-order valence-electron chi connectivity index (χ0n) is 8.02. The Kier molecular flexibility index (Phi) is 6.09. The minimum atomic E-state index is -0.749. The number of hydrogen-bond acceptors (Lipinski definition) is 6. The van der Waals surface area contributed by atoms with E-state index < -0.39 is 18.0 Å². The first kappa shape index (κ1) is 12.4. The van der Waals surface area contributed by atoms with Gasteiger partial charge in [0.15, 0.2) is 6.10 Å². The van der Waals surface area contributed by atoms with E-state index >= 15 is 0 Å². The number of hydrogen-bond donors (Lipinski definition) is 0. The van der Waals surface area contributed by atoms with E-state index in [9.17, 15) is 14.4 Å². The lowest BCUT2D eigenvalue weighted by Gasteiger charge is -2.14. The zero-order chi connectivity index (χ0) is 11.0. The Morgan fingerprint density at radius 2 is 1.86 bits per heavy atom. The second-order valence-corrected chi connectivity index (χ2v) is 2.46. The average Bonchev–Trinajstić information content (AvgIpc) is 2.09. The Morgan fingerprint density at radius 1 is 1.21 bits per heavy atom. The molecule has 1 unspecified atom stereocenters. The standard InChI is InChI=1S/C8H12O6/c1-6(10)13-4-8(3-12-5-9)14-7(2)11/h5,8H,3-4H2,1-2H3. The number of ether oxygens (including phenoxy) is 3. The minimum absolute atomic E-state index is 0.122. The molecular formula is C8H12O6. The highest BCUT2D eigenvalue weighted by Gasteiger charge is 2.14. The second kappa shape index (κ2) is 6.88. The summed E-state index contributed by atoms with van der Waals surface area (Å²) in [6.45, 7) is 2.41. The fourth-order valence-corrected chi connectivity index (χ4v) is 0.708. The number of carbonyl (C=O) groups is 3. The summed E-state index contributed by atoms with van der Waals surface area (Å²) in [5.41, 5.74) is 0. The maximum atomic E-state index is 10.6. The van der Waals surface area contributed by atoms with E-state index in [1.54, 1.807) is 0 Å². The molecule has 0 aliphatic carbocycles. The van der Waals surface area contributed by atoms with Crippen LogP contribution in [0.4, 0.5) is 0 Å². The first-order chi connectivity index (χ1) is 6.56. The fourth-order valence-electron chi connectivity index (χ4n) is 0.708. The molecule has 0 heterocycles. The SMILES string of the molecule is CC(=O)OCC(COC=O)OC(C)=O. The highest BCUT2D eigenvalue weighted by molar-refractivity contribution is 5.67. The maximum Gasteiger partial charge on any atom is 0.303 e. The van der Waals surface area contributed by atoms with Crippen LogP contribution in [0.15, 0.2) is 0 Å². The molecule has 0 spiro atoms. The van der Waals surface area contributed by atoms with Gasteiger partial charge in [-0.2, -0.15) is 0 Å². The van der Waals surface area contributed by atoms with Gasteiger partial charge in [-0.3, -0.25) is 14.4 Å². The van der Waals surface area contributed by atoms with Crippen molar-refractivity contribution in [1.82, 2.24) is 0 Å². The molecule has 0 saturated carbocycles. The summed E-state index contributed by atoms with van der Waals surface area (Å²) in [5.74, 6) is -1.02.